The highest BCUT2D eigenvalue weighted by atomic mass is 16.5. The van der Waals surface area contributed by atoms with Gasteiger partial charge >= 0.3 is 0 Å². The van der Waals surface area contributed by atoms with E-state index in [-0.39, 0.29) is 30.2 Å². The molecule has 6 nitrogen and oxygen atoms in total. The number of nitrogens with two attached hydrogens (primary N) is 1. The van der Waals surface area contributed by atoms with E-state index in [1.807, 2.05) is 38.1 Å². The van der Waals surface area contributed by atoms with Gasteiger partial charge in [-0.25, -0.2) is 0 Å². The monoisotopic (exact) mass is 319 g/mol. The molecule has 0 radical (unpaired) electrons. The maximum absolute atomic E-state index is 12.3. The molecule has 23 heavy (non-hydrogen) atoms. The van der Waals surface area contributed by atoms with Gasteiger partial charge in [0.25, 0.3) is 0 Å². The largest absolute Gasteiger partial charge is 0.492 e. The normalized spacial score (nSPS) is 18.8. The fourth-order valence-corrected chi connectivity index (χ4v) is 2.64. The van der Waals surface area contributed by atoms with Crippen LogP contribution in [-0.4, -0.2) is 37.6 Å². The van der Waals surface area contributed by atoms with Crippen molar-refractivity contribution < 1.29 is 14.3 Å². The summed E-state index contributed by atoms with van der Waals surface area (Å²) in [7, 11) is 0. The van der Waals surface area contributed by atoms with Gasteiger partial charge in [-0.05, 0) is 32.4 Å². The van der Waals surface area contributed by atoms with Gasteiger partial charge < -0.3 is 20.7 Å². The Morgan fingerprint density at radius 3 is 2.91 bits per heavy atom. The number of hydrogen-bond acceptors (Lipinski definition) is 4. The standard InChI is InChI=1S/C17H25N3O3/c1-3-23-15-7-5-4-6-14(15)20-11-13(10-16(20)21)17(22)19-9-8-12(2)18/h4-7,12-13H,3,8-11,18H2,1-2H3,(H,19,22). The summed E-state index contributed by atoms with van der Waals surface area (Å²) in [5.41, 5.74) is 6.40. The topological polar surface area (TPSA) is 84.7 Å². The van der Waals surface area contributed by atoms with Crippen LogP contribution in [0.3, 0.4) is 0 Å². The first-order valence-electron chi connectivity index (χ1n) is 8.08. The Kier molecular flexibility index (Phi) is 5.98. The quantitative estimate of drug-likeness (QED) is 0.793. The van der Waals surface area contributed by atoms with E-state index in [9.17, 15) is 9.59 Å². The van der Waals surface area contributed by atoms with E-state index in [1.54, 1.807) is 4.90 Å². The van der Waals surface area contributed by atoms with Gasteiger partial charge in [-0.3, -0.25) is 9.59 Å². The van der Waals surface area contributed by atoms with Crippen LogP contribution in [0.4, 0.5) is 5.69 Å². The van der Waals surface area contributed by atoms with Gasteiger partial charge in [-0.1, -0.05) is 12.1 Å². The Labute approximate surface area is 137 Å². The Balaban J connectivity index is 2.01. The Hall–Kier alpha value is -2.08. The molecule has 126 valence electrons. The number of hydrogen-bond donors (Lipinski definition) is 2. The zero-order valence-electron chi connectivity index (χ0n) is 13.7. The SMILES string of the molecule is CCOc1ccccc1N1CC(C(=O)NCCC(C)N)CC1=O. The van der Waals surface area contributed by atoms with Crippen molar-refractivity contribution in [3.05, 3.63) is 24.3 Å². The summed E-state index contributed by atoms with van der Waals surface area (Å²) in [5, 5.41) is 2.86. The summed E-state index contributed by atoms with van der Waals surface area (Å²) in [5.74, 6) is 0.200. The molecule has 2 rings (SSSR count). The lowest BCUT2D eigenvalue weighted by atomic mass is 10.1. The van der Waals surface area contributed by atoms with Crippen LogP contribution in [0.15, 0.2) is 24.3 Å². The summed E-state index contributed by atoms with van der Waals surface area (Å²) in [6.07, 6.45) is 0.952. The lowest BCUT2D eigenvalue weighted by Gasteiger charge is -2.20. The number of para-hydroxylation sites is 2. The zero-order chi connectivity index (χ0) is 16.8. The van der Waals surface area contributed by atoms with Crippen molar-refractivity contribution in [1.29, 1.82) is 0 Å². The summed E-state index contributed by atoms with van der Waals surface area (Å²) >= 11 is 0. The highest BCUT2D eigenvalue weighted by molar-refractivity contribution is 6.01. The Morgan fingerprint density at radius 2 is 2.22 bits per heavy atom. The minimum atomic E-state index is -0.328. The van der Waals surface area contributed by atoms with Gasteiger partial charge in [0.05, 0.1) is 18.2 Å². The maximum Gasteiger partial charge on any atom is 0.227 e. The molecule has 1 fully saturated rings. The van der Waals surface area contributed by atoms with Crippen molar-refractivity contribution in [3.8, 4) is 5.75 Å². The molecule has 6 heteroatoms. The van der Waals surface area contributed by atoms with Crippen LogP contribution in [0.2, 0.25) is 0 Å². The van der Waals surface area contributed by atoms with Crippen molar-refractivity contribution in [2.75, 3.05) is 24.6 Å². The smallest absolute Gasteiger partial charge is 0.227 e. The predicted molar refractivity (Wildman–Crippen MR) is 89.3 cm³/mol. The molecule has 3 N–H and O–H groups in total. The van der Waals surface area contributed by atoms with E-state index in [1.165, 1.54) is 0 Å². The highest BCUT2D eigenvalue weighted by Crippen LogP contribution is 2.33. The van der Waals surface area contributed by atoms with Crippen LogP contribution < -0.4 is 20.7 Å². The van der Waals surface area contributed by atoms with Gasteiger partial charge in [-0.15, -0.1) is 0 Å². The average Bonchev–Trinajstić information content (AvgIpc) is 2.89. The van der Waals surface area contributed by atoms with Crippen LogP contribution in [0.1, 0.15) is 26.7 Å². The van der Waals surface area contributed by atoms with Crippen LogP contribution in [0.5, 0.6) is 5.75 Å². The number of anilines is 1. The predicted octanol–water partition coefficient (Wildman–Crippen LogP) is 1.29. The molecule has 1 aliphatic heterocycles. The third kappa shape index (κ3) is 4.45. The molecule has 0 saturated carbocycles. The molecule has 0 aromatic heterocycles. The molecule has 0 bridgehead atoms. The van der Waals surface area contributed by atoms with E-state index in [4.69, 9.17) is 10.5 Å². The number of rotatable bonds is 7. The van der Waals surface area contributed by atoms with Crippen molar-refractivity contribution in [3.63, 3.8) is 0 Å². The first-order chi connectivity index (χ1) is 11.0. The van der Waals surface area contributed by atoms with Crippen molar-refractivity contribution in [2.24, 2.45) is 11.7 Å². The van der Waals surface area contributed by atoms with Crippen molar-refractivity contribution in [2.45, 2.75) is 32.7 Å². The van der Waals surface area contributed by atoms with Crippen LogP contribution in [0, 0.1) is 5.92 Å². The molecule has 0 aliphatic carbocycles. The second-order valence-electron chi connectivity index (χ2n) is 5.86. The average molecular weight is 319 g/mol. The van der Waals surface area contributed by atoms with Crippen LogP contribution in [-0.2, 0) is 9.59 Å². The number of nitrogens with zero attached hydrogens (tertiary/aromatic N) is 1. The van der Waals surface area contributed by atoms with Gasteiger partial charge in [0.15, 0.2) is 0 Å². The second-order valence-corrected chi connectivity index (χ2v) is 5.86. The second kappa shape index (κ2) is 7.97. The van der Waals surface area contributed by atoms with Crippen molar-refractivity contribution in [1.82, 2.24) is 5.32 Å². The van der Waals surface area contributed by atoms with Crippen molar-refractivity contribution >= 4 is 17.5 Å². The summed E-state index contributed by atoms with van der Waals surface area (Å²) in [6, 6.07) is 7.46. The van der Waals surface area contributed by atoms with Crippen LogP contribution >= 0.6 is 0 Å². The number of amides is 2. The van der Waals surface area contributed by atoms with Gasteiger partial charge in [0.1, 0.15) is 5.75 Å². The summed E-state index contributed by atoms with van der Waals surface area (Å²) < 4.78 is 5.58. The minimum absolute atomic E-state index is 0.0510. The summed E-state index contributed by atoms with van der Waals surface area (Å²) in [6.45, 7) is 5.25. The molecule has 1 aromatic rings. The number of nitrogens with one attached hydrogen (secondary N) is 1. The first kappa shape index (κ1) is 17.3. The molecule has 2 amide bonds. The van der Waals surface area contributed by atoms with Crippen LogP contribution in [0.25, 0.3) is 0 Å². The number of carbonyl (C=O) groups excluding carboxylic acids is 2. The zero-order valence-corrected chi connectivity index (χ0v) is 13.7. The molecule has 1 aromatic carbocycles. The van der Waals surface area contributed by atoms with E-state index < -0.39 is 0 Å². The molecule has 2 atom stereocenters. The molecule has 2 unspecified atom stereocenters. The van der Waals surface area contributed by atoms with E-state index in [0.29, 0.717) is 25.4 Å². The molecule has 0 spiro atoms. The fourth-order valence-electron chi connectivity index (χ4n) is 2.64. The lowest BCUT2D eigenvalue weighted by molar-refractivity contribution is -0.126. The number of ether oxygens (including phenoxy) is 1. The van der Waals surface area contributed by atoms with E-state index in [0.717, 1.165) is 12.1 Å². The molecular formula is C17H25N3O3. The lowest BCUT2D eigenvalue weighted by Crippen LogP contribution is -2.35. The minimum Gasteiger partial charge on any atom is -0.492 e. The summed E-state index contributed by atoms with van der Waals surface area (Å²) in [4.78, 5) is 26.1. The third-order valence-corrected chi connectivity index (χ3v) is 3.85. The van der Waals surface area contributed by atoms with Gasteiger partial charge in [-0.2, -0.15) is 0 Å². The molecule has 1 heterocycles. The maximum atomic E-state index is 12.3. The Morgan fingerprint density at radius 1 is 1.48 bits per heavy atom. The fraction of sp³-hybridized carbons (Fsp3) is 0.529. The molecule has 1 aliphatic rings. The van der Waals surface area contributed by atoms with Gasteiger partial charge in [0.2, 0.25) is 11.8 Å². The highest BCUT2D eigenvalue weighted by Gasteiger charge is 2.36. The molecule has 1 saturated heterocycles. The Bertz CT molecular complexity index is 560. The first-order valence-corrected chi connectivity index (χ1v) is 8.08. The van der Waals surface area contributed by atoms with E-state index >= 15 is 0 Å². The molecular weight excluding hydrogens is 294 g/mol. The number of benzene rings is 1. The number of carbonyl (C=O) groups is 2. The third-order valence-electron chi connectivity index (χ3n) is 3.85. The van der Waals surface area contributed by atoms with Gasteiger partial charge in [0, 0.05) is 25.6 Å². The van der Waals surface area contributed by atoms with E-state index in [2.05, 4.69) is 5.32 Å².